The molecule has 1 nitrogen and oxygen atoms in total. The molecule has 0 heterocycles. The van der Waals surface area contributed by atoms with Crippen molar-refractivity contribution in [2.75, 3.05) is 0 Å². The molecule has 0 aromatic carbocycles. The highest BCUT2D eigenvalue weighted by Gasteiger charge is 2.17. The molecule has 3 N–H and O–H groups in total. The minimum absolute atomic E-state index is 0. The largest absolute Gasteiger partial charge is 0.344 e. The highest BCUT2D eigenvalue weighted by molar-refractivity contribution is 6.25. The van der Waals surface area contributed by atoms with Crippen LogP contribution in [0.1, 0.15) is 27.2 Å². The number of hydrogen-bond acceptors (Lipinski definition) is 1. The maximum absolute atomic E-state index is 5.96. The molecule has 0 radical (unpaired) electrons. The Bertz CT molecular complexity index is 97.1. The van der Waals surface area contributed by atoms with Gasteiger partial charge >= 0.3 is 0 Å². The van der Waals surface area contributed by atoms with Crippen LogP contribution in [0.15, 0.2) is 12.2 Å². The molecule has 9 heavy (non-hydrogen) atoms. The molecule has 0 spiro atoms. The van der Waals surface area contributed by atoms with Crippen LogP contribution in [0.25, 0.3) is 0 Å². The average molecular weight is 150 g/mol. The SMILES string of the molecule is C=C(C)C(C)(Cl)CC.N. The van der Waals surface area contributed by atoms with Gasteiger partial charge in [0.15, 0.2) is 0 Å². The first-order valence-corrected chi connectivity index (χ1v) is 3.23. The van der Waals surface area contributed by atoms with Gasteiger partial charge in [0.05, 0.1) is 4.87 Å². The Morgan fingerprint density at radius 2 is 2.00 bits per heavy atom. The highest BCUT2D eigenvalue weighted by atomic mass is 35.5. The van der Waals surface area contributed by atoms with Crippen molar-refractivity contribution in [3.8, 4) is 0 Å². The molecule has 56 valence electrons. The van der Waals surface area contributed by atoms with E-state index in [2.05, 4.69) is 13.5 Å². The van der Waals surface area contributed by atoms with Crippen molar-refractivity contribution in [2.24, 2.45) is 0 Å². The van der Waals surface area contributed by atoms with E-state index in [4.69, 9.17) is 11.6 Å². The van der Waals surface area contributed by atoms with E-state index in [9.17, 15) is 0 Å². The first kappa shape index (κ1) is 11.7. The predicted molar refractivity (Wildman–Crippen MR) is 44.4 cm³/mol. The minimum Gasteiger partial charge on any atom is -0.344 e. The van der Waals surface area contributed by atoms with Crippen LogP contribution in [0, 0.1) is 0 Å². The van der Waals surface area contributed by atoms with Gasteiger partial charge in [-0.2, -0.15) is 0 Å². The summed E-state index contributed by atoms with van der Waals surface area (Å²) >= 11 is 5.96. The van der Waals surface area contributed by atoms with E-state index in [1.54, 1.807) is 0 Å². The third kappa shape index (κ3) is 3.55. The summed E-state index contributed by atoms with van der Waals surface area (Å²) in [5, 5.41) is 0. The van der Waals surface area contributed by atoms with E-state index >= 15 is 0 Å². The van der Waals surface area contributed by atoms with E-state index in [-0.39, 0.29) is 11.0 Å². The number of hydrogen-bond donors (Lipinski definition) is 1. The van der Waals surface area contributed by atoms with Crippen LogP contribution >= 0.6 is 11.6 Å². The molecule has 0 saturated carbocycles. The molecule has 0 aromatic rings. The van der Waals surface area contributed by atoms with Crippen molar-refractivity contribution in [2.45, 2.75) is 32.1 Å². The van der Waals surface area contributed by atoms with Gasteiger partial charge in [-0.3, -0.25) is 0 Å². The van der Waals surface area contributed by atoms with Crippen LogP contribution in [0.5, 0.6) is 0 Å². The fourth-order valence-electron chi connectivity index (χ4n) is 0.302. The van der Waals surface area contributed by atoms with Crippen LogP contribution in [-0.2, 0) is 0 Å². The van der Waals surface area contributed by atoms with Gasteiger partial charge < -0.3 is 6.15 Å². The van der Waals surface area contributed by atoms with Crippen LogP contribution < -0.4 is 6.15 Å². The Labute approximate surface area is 62.7 Å². The van der Waals surface area contributed by atoms with E-state index in [0.717, 1.165) is 12.0 Å². The second-order valence-corrected chi connectivity index (χ2v) is 3.17. The van der Waals surface area contributed by atoms with Crippen molar-refractivity contribution in [3.05, 3.63) is 12.2 Å². The second-order valence-electron chi connectivity index (χ2n) is 2.33. The van der Waals surface area contributed by atoms with Gasteiger partial charge in [0, 0.05) is 0 Å². The Kier molecular flexibility index (Phi) is 5.11. The Balaban J connectivity index is 0. The maximum atomic E-state index is 5.96. The Morgan fingerprint density at radius 3 is 2.00 bits per heavy atom. The topological polar surface area (TPSA) is 35.0 Å². The number of alkyl halides is 1. The van der Waals surface area contributed by atoms with Crippen molar-refractivity contribution < 1.29 is 0 Å². The quantitative estimate of drug-likeness (QED) is 0.475. The molecule has 0 saturated heterocycles. The smallest absolute Gasteiger partial charge is 0.0619 e. The van der Waals surface area contributed by atoms with Crippen molar-refractivity contribution in [1.29, 1.82) is 0 Å². The molecule has 1 unspecified atom stereocenters. The van der Waals surface area contributed by atoms with Gasteiger partial charge in [0.1, 0.15) is 0 Å². The van der Waals surface area contributed by atoms with E-state index < -0.39 is 0 Å². The van der Waals surface area contributed by atoms with Crippen molar-refractivity contribution >= 4 is 11.6 Å². The van der Waals surface area contributed by atoms with Crippen molar-refractivity contribution in [1.82, 2.24) is 6.15 Å². The molecule has 2 heteroatoms. The zero-order valence-corrected chi connectivity index (χ0v) is 7.26. The first-order valence-electron chi connectivity index (χ1n) is 2.85. The molecule has 0 aromatic heterocycles. The predicted octanol–water partition coefficient (Wildman–Crippen LogP) is 3.13. The molecule has 0 fully saturated rings. The first-order chi connectivity index (χ1) is 3.50. The fourth-order valence-corrected chi connectivity index (χ4v) is 0.302. The van der Waals surface area contributed by atoms with Gasteiger partial charge in [-0.1, -0.05) is 19.1 Å². The van der Waals surface area contributed by atoms with Gasteiger partial charge in [-0.25, -0.2) is 0 Å². The molecule has 0 bridgehead atoms. The third-order valence-electron chi connectivity index (χ3n) is 1.55. The summed E-state index contributed by atoms with van der Waals surface area (Å²) in [6.07, 6.45) is 0.948. The lowest BCUT2D eigenvalue weighted by Crippen LogP contribution is -2.14. The molecule has 0 aliphatic carbocycles. The van der Waals surface area contributed by atoms with Gasteiger partial charge in [0.25, 0.3) is 0 Å². The minimum atomic E-state index is -0.181. The van der Waals surface area contributed by atoms with Crippen molar-refractivity contribution in [3.63, 3.8) is 0 Å². The second kappa shape index (κ2) is 3.91. The van der Waals surface area contributed by atoms with E-state index in [0.29, 0.717) is 0 Å². The van der Waals surface area contributed by atoms with Gasteiger partial charge in [-0.05, 0) is 20.3 Å². The number of rotatable bonds is 2. The zero-order valence-electron chi connectivity index (χ0n) is 6.50. The van der Waals surface area contributed by atoms with E-state index in [1.807, 2.05) is 13.8 Å². The summed E-state index contributed by atoms with van der Waals surface area (Å²) in [5.74, 6) is 0. The Morgan fingerprint density at radius 1 is 1.67 bits per heavy atom. The molecule has 0 amide bonds. The van der Waals surface area contributed by atoms with Gasteiger partial charge in [0.2, 0.25) is 0 Å². The highest BCUT2D eigenvalue weighted by Crippen LogP contribution is 2.25. The standard InChI is InChI=1S/C7H13Cl.H3N/c1-5-7(4,8)6(2)3;/h2,5H2,1,3-4H3;1H3. The molecule has 0 aliphatic rings. The monoisotopic (exact) mass is 149 g/mol. The summed E-state index contributed by atoms with van der Waals surface area (Å²) in [6, 6.07) is 0. The molecule has 1 atom stereocenters. The molecular weight excluding hydrogens is 134 g/mol. The summed E-state index contributed by atoms with van der Waals surface area (Å²) in [7, 11) is 0. The third-order valence-corrected chi connectivity index (χ3v) is 2.14. The molecule has 0 aliphatic heterocycles. The van der Waals surface area contributed by atoms with Crippen LogP contribution in [0.4, 0.5) is 0 Å². The average Bonchev–Trinajstić information content (AvgIpc) is 1.67. The summed E-state index contributed by atoms with van der Waals surface area (Å²) in [6.45, 7) is 9.76. The lowest BCUT2D eigenvalue weighted by Gasteiger charge is -2.18. The fraction of sp³-hybridized carbons (Fsp3) is 0.714. The zero-order chi connectivity index (χ0) is 6.78. The maximum Gasteiger partial charge on any atom is 0.0619 e. The van der Waals surface area contributed by atoms with E-state index in [1.165, 1.54) is 0 Å². The molecular formula is C7H16ClN. The van der Waals surface area contributed by atoms with Crippen LogP contribution in [0.3, 0.4) is 0 Å². The Hall–Kier alpha value is -0.0100. The summed E-state index contributed by atoms with van der Waals surface area (Å²) < 4.78 is 0. The summed E-state index contributed by atoms with van der Waals surface area (Å²) in [5.41, 5.74) is 1.04. The lowest BCUT2D eigenvalue weighted by molar-refractivity contribution is 0.701. The van der Waals surface area contributed by atoms with Crippen LogP contribution in [-0.4, -0.2) is 4.87 Å². The summed E-state index contributed by atoms with van der Waals surface area (Å²) in [4.78, 5) is -0.181. The van der Waals surface area contributed by atoms with Gasteiger partial charge in [-0.15, -0.1) is 11.6 Å². The normalized spacial score (nSPS) is 15.6. The number of allylic oxidation sites excluding steroid dienone is 1. The number of halogens is 1. The molecule has 0 rings (SSSR count). The van der Waals surface area contributed by atoms with Crippen LogP contribution in [0.2, 0.25) is 0 Å². The lowest BCUT2D eigenvalue weighted by atomic mass is 10.0.